The molecule has 13 heteroatoms. The summed E-state index contributed by atoms with van der Waals surface area (Å²) in [6.45, 7) is 3.86. The zero-order chi connectivity index (χ0) is 34.7. The number of methoxy groups -OCH3 is 1. The van der Waals surface area contributed by atoms with Crippen molar-refractivity contribution in [3.8, 4) is 0 Å². The molecule has 50 heavy (non-hydrogen) atoms. The monoisotopic (exact) mass is 695 g/mol. The first-order valence-corrected chi connectivity index (χ1v) is 17.6. The molecule has 6 rings (SSSR count). The topological polar surface area (TPSA) is 145 Å². The minimum Gasteiger partial charge on any atom is -0.453 e. The minimum absolute atomic E-state index is 0.0200. The van der Waals surface area contributed by atoms with E-state index < -0.39 is 18.1 Å². The summed E-state index contributed by atoms with van der Waals surface area (Å²) in [6.07, 6.45) is 2.43. The Balaban J connectivity index is 1.08. The molecule has 1 aliphatic rings. The number of amides is 2. The molecule has 0 spiro atoms. The highest BCUT2D eigenvalue weighted by molar-refractivity contribution is 7.99. The Morgan fingerprint density at radius 2 is 1.66 bits per heavy atom. The van der Waals surface area contributed by atoms with Gasteiger partial charge in [0.05, 0.1) is 19.3 Å². The van der Waals surface area contributed by atoms with E-state index in [1.165, 1.54) is 18.9 Å². The largest absolute Gasteiger partial charge is 0.453 e. The predicted molar refractivity (Wildman–Crippen MR) is 190 cm³/mol. The summed E-state index contributed by atoms with van der Waals surface area (Å²) in [5.74, 6) is 0.363. The second kappa shape index (κ2) is 17.1. The van der Waals surface area contributed by atoms with Crippen molar-refractivity contribution < 1.29 is 23.5 Å². The van der Waals surface area contributed by atoms with Crippen LogP contribution < -0.4 is 16.0 Å². The van der Waals surface area contributed by atoms with Crippen LogP contribution in [-0.2, 0) is 27.2 Å². The molecule has 0 radical (unpaired) electrons. The third-order valence-electron chi connectivity index (χ3n) is 8.59. The van der Waals surface area contributed by atoms with Crippen LogP contribution in [0.4, 0.5) is 10.5 Å². The Morgan fingerprint density at radius 3 is 2.36 bits per heavy atom. The van der Waals surface area contributed by atoms with Crippen molar-refractivity contribution in [1.29, 1.82) is 0 Å². The molecule has 2 amide bonds. The molecule has 1 aliphatic heterocycles. The number of alkyl carbamates (subject to hydrolysis) is 1. The highest BCUT2D eigenvalue weighted by Crippen LogP contribution is 2.30. The third-order valence-corrected chi connectivity index (χ3v) is 9.54. The second-order valence-electron chi connectivity index (χ2n) is 12.0. The van der Waals surface area contributed by atoms with Crippen molar-refractivity contribution >= 4 is 29.4 Å². The van der Waals surface area contributed by atoms with Crippen molar-refractivity contribution in [2.24, 2.45) is 0 Å². The maximum absolute atomic E-state index is 14.1. The number of rotatable bonds is 14. The summed E-state index contributed by atoms with van der Waals surface area (Å²) in [7, 11) is 1.29. The minimum atomic E-state index is -0.950. The fourth-order valence-electron chi connectivity index (χ4n) is 6.03. The normalized spacial score (nSPS) is 16.5. The second-order valence-corrected chi connectivity index (χ2v) is 13.0. The molecule has 1 saturated heterocycles. The number of aryl methyl sites for hydroxylation is 2. The summed E-state index contributed by atoms with van der Waals surface area (Å²) >= 11 is 1.48. The van der Waals surface area contributed by atoms with Crippen molar-refractivity contribution in [3.05, 3.63) is 125 Å². The average Bonchev–Trinajstić information content (AvgIpc) is 3.79. The van der Waals surface area contributed by atoms with Crippen LogP contribution in [0.15, 0.2) is 107 Å². The van der Waals surface area contributed by atoms with Gasteiger partial charge in [-0.15, -0.1) is 10.2 Å². The molecule has 3 aromatic carbocycles. The molecule has 0 saturated carbocycles. The van der Waals surface area contributed by atoms with Gasteiger partial charge in [0.1, 0.15) is 12.6 Å². The van der Waals surface area contributed by atoms with Gasteiger partial charge in [-0.1, -0.05) is 90.6 Å². The van der Waals surface area contributed by atoms with Gasteiger partial charge in [-0.05, 0) is 48.6 Å². The number of carbonyl (C=O) groups is 2. The number of benzene rings is 3. The molecular formula is C37H41N7O5S. The number of thioether (sulfide) groups is 1. The number of aromatic nitrogens is 4. The first-order chi connectivity index (χ1) is 24.5. The van der Waals surface area contributed by atoms with Gasteiger partial charge in [-0.2, -0.15) is 5.10 Å². The SMILES string of the molecule is COC(=O)NC(C(=O)Nc1ccccc1CC[C@@H]1CNC[C@@H](CSc2nnc(Cn3nccc3C)o2)O1)C(c1ccccc1)c1ccccc1. The Bertz CT molecular complexity index is 1790. The maximum Gasteiger partial charge on any atom is 0.407 e. The number of para-hydroxylation sites is 1. The van der Waals surface area contributed by atoms with Crippen molar-refractivity contribution in [1.82, 2.24) is 30.6 Å². The standard InChI is InChI=1S/C37H41N7O5S/c1-25-19-20-39-44(25)23-32-42-43-37(49-32)50-24-30-22-38-21-29(48-30)18-17-26-11-9-10-16-31(26)40-35(45)34(41-36(46)47-2)33(27-12-5-3-6-13-27)28-14-7-4-8-15-28/h3-16,19-20,29-30,33-34,38H,17-18,21-24H2,1-2H3,(H,40,45)(H,41,46)/t29-,30+,34?/m1/s1. The van der Waals surface area contributed by atoms with E-state index in [2.05, 4.69) is 31.2 Å². The molecule has 0 aliphatic carbocycles. The molecular weight excluding hydrogens is 655 g/mol. The number of hydrogen-bond donors (Lipinski definition) is 3. The van der Waals surface area contributed by atoms with Gasteiger partial charge in [-0.3, -0.25) is 9.48 Å². The van der Waals surface area contributed by atoms with Crippen LogP contribution in [0.5, 0.6) is 0 Å². The highest BCUT2D eigenvalue weighted by Gasteiger charge is 2.33. The number of anilines is 1. The zero-order valence-corrected chi connectivity index (χ0v) is 28.8. The predicted octanol–water partition coefficient (Wildman–Crippen LogP) is 5.20. The van der Waals surface area contributed by atoms with Crippen LogP contribution in [0.2, 0.25) is 0 Å². The Kier molecular flexibility index (Phi) is 11.9. The molecule has 3 atom stereocenters. The molecule has 3 N–H and O–H groups in total. The lowest BCUT2D eigenvalue weighted by molar-refractivity contribution is -0.118. The van der Waals surface area contributed by atoms with E-state index in [1.807, 2.05) is 103 Å². The number of nitrogens with zero attached hydrogens (tertiary/aromatic N) is 4. The Hall–Kier alpha value is -4.98. The van der Waals surface area contributed by atoms with Crippen LogP contribution in [0.3, 0.4) is 0 Å². The van der Waals surface area contributed by atoms with Crippen LogP contribution in [0.25, 0.3) is 0 Å². The Labute approximate surface area is 295 Å². The van der Waals surface area contributed by atoms with Crippen LogP contribution in [0, 0.1) is 6.92 Å². The quantitative estimate of drug-likeness (QED) is 0.133. The summed E-state index contributed by atoms with van der Waals surface area (Å²) in [5, 5.41) is 22.5. The van der Waals surface area contributed by atoms with Gasteiger partial charge in [0.25, 0.3) is 5.22 Å². The van der Waals surface area contributed by atoms with Gasteiger partial charge >= 0.3 is 6.09 Å². The number of morpholine rings is 1. The van der Waals surface area contributed by atoms with E-state index in [0.717, 1.165) is 41.9 Å². The van der Waals surface area contributed by atoms with Crippen molar-refractivity contribution in [2.45, 2.75) is 55.7 Å². The molecule has 0 bridgehead atoms. The average molecular weight is 696 g/mol. The molecule has 5 aromatic rings. The zero-order valence-electron chi connectivity index (χ0n) is 28.0. The molecule has 3 heterocycles. The number of ether oxygens (including phenoxy) is 2. The van der Waals surface area contributed by atoms with Crippen molar-refractivity contribution in [2.75, 3.05) is 31.3 Å². The smallest absolute Gasteiger partial charge is 0.407 e. The van der Waals surface area contributed by atoms with Gasteiger partial charge < -0.3 is 29.8 Å². The maximum atomic E-state index is 14.1. The summed E-state index contributed by atoms with van der Waals surface area (Å²) < 4.78 is 19.0. The van der Waals surface area contributed by atoms with Crippen LogP contribution >= 0.6 is 11.8 Å². The van der Waals surface area contributed by atoms with E-state index >= 15 is 0 Å². The molecule has 12 nitrogen and oxygen atoms in total. The fourth-order valence-corrected chi connectivity index (χ4v) is 6.81. The lowest BCUT2D eigenvalue weighted by Crippen LogP contribution is -2.48. The highest BCUT2D eigenvalue weighted by atomic mass is 32.2. The van der Waals surface area contributed by atoms with E-state index in [-0.39, 0.29) is 18.1 Å². The molecule has 1 unspecified atom stereocenters. The third kappa shape index (κ3) is 9.17. The fraction of sp³-hybridized carbons (Fsp3) is 0.324. The summed E-state index contributed by atoms with van der Waals surface area (Å²) in [5.41, 5.74) is 4.46. The van der Waals surface area contributed by atoms with Gasteiger partial charge in [0, 0.05) is 42.3 Å². The van der Waals surface area contributed by atoms with E-state index in [9.17, 15) is 9.59 Å². The van der Waals surface area contributed by atoms with E-state index in [1.54, 1.807) is 6.20 Å². The lowest BCUT2D eigenvalue weighted by atomic mass is 9.84. The molecule has 2 aromatic heterocycles. The summed E-state index contributed by atoms with van der Waals surface area (Å²) in [4.78, 5) is 26.7. The van der Waals surface area contributed by atoms with E-state index in [4.69, 9.17) is 13.9 Å². The van der Waals surface area contributed by atoms with Crippen LogP contribution in [-0.4, -0.2) is 76.2 Å². The number of nitrogens with one attached hydrogen (secondary N) is 3. The first kappa shape index (κ1) is 34.9. The van der Waals surface area contributed by atoms with E-state index in [0.29, 0.717) is 35.5 Å². The lowest BCUT2D eigenvalue weighted by Gasteiger charge is -2.31. The van der Waals surface area contributed by atoms with Gasteiger partial charge in [0.15, 0.2) is 0 Å². The Morgan fingerprint density at radius 1 is 0.960 bits per heavy atom. The van der Waals surface area contributed by atoms with Gasteiger partial charge in [0.2, 0.25) is 11.8 Å². The number of hydrogen-bond acceptors (Lipinski definition) is 10. The number of carbonyl (C=O) groups excluding carboxylic acids is 2. The summed E-state index contributed by atoms with van der Waals surface area (Å²) in [6, 6.07) is 28.1. The molecule has 1 fully saturated rings. The first-order valence-electron chi connectivity index (χ1n) is 16.6. The van der Waals surface area contributed by atoms with Crippen molar-refractivity contribution in [3.63, 3.8) is 0 Å². The van der Waals surface area contributed by atoms with Crippen LogP contribution in [0.1, 0.15) is 40.6 Å². The molecule has 260 valence electrons. The van der Waals surface area contributed by atoms with Gasteiger partial charge in [-0.25, -0.2) is 4.79 Å².